The minimum Gasteiger partial charge on any atom is -0.477 e. The van der Waals surface area contributed by atoms with E-state index in [-0.39, 0.29) is 0 Å². The molecule has 2 N–H and O–H groups in total. The van der Waals surface area contributed by atoms with E-state index < -0.39 is 0 Å². The highest BCUT2D eigenvalue weighted by molar-refractivity contribution is 5.79. The van der Waals surface area contributed by atoms with Crippen molar-refractivity contribution >= 4 is 5.96 Å². The molecule has 1 saturated heterocycles. The summed E-state index contributed by atoms with van der Waals surface area (Å²) in [5.74, 6) is 1.53. The van der Waals surface area contributed by atoms with Crippen LogP contribution in [0.5, 0.6) is 5.88 Å². The molecule has 0 spiro atoms. The van der Waals surface area contributed by atoms with Crippen LogP contribution in [0, 0.1) is 0 Å². The monoisotopic (exact) mass is 377 g/mol. The summed E-state index contributed by atoms with van der Waals surface area (Å²) in [6, 6.07) is 3.96. The number of aromatic nitrogens is 1. The van der Waals surface area contributed by atoms with E-state index in [4.69, 9.17) is 14.5 Å². The van der Waals surface area contributed by atoms with Gasteiger partial charge in [-0.2, -0.15) is 0 Å². The van der Waals surface area contributed by atoms with Gasteiger partial charge in [-0.25, -0.2) is 9.98 Å². The molecule has 0 aliphatic carbocycles. The molecule has 2 rings (SSSR count). The minimum atomic E-state index is 0.550. The average Bonchev–Trinajstić information content (AvgIpc) is 2.71. The van der Waals surface area contributed by atoms with Crippen molar-refractivity contribution in [2.45, 2.75) is 39.7 Å². The predicted molar refractivity (Wildman–Crippen MR) is 109 cm³/mol. The molecular weight excluding hydrogens is 342 g/mol. The van der Waals surface area contributed by atoms with E-state index in [1.807, 2.05) is 12.1 Å². The minimum absolute atomic E-state index is 0.550. The fraction of sp³-hybridized carbons (Fsp3) is 0.700. The largest absolute Gasteiger partial charge is 0.477 e. The second-order valence-corrected chi connectivity index (χ2v) is 6.60. The first-order chi connectivity index (χ1) is 13.3. The van der Waals surface area contributed by atoms with Gasteiger partial charge in [-0.05, 0) is 32.4 Å². The van der Waals surface area contributed by atoms with Crippen LogP contribution in [0.25, 0.3) is 0 Å². The summed E-state index contributed by atoms with van der Waals surface area (Å²) in [7, 11) is 0. The van der Waals surface area contributed by atoms with Crippen molar-refractivity contribution in [3.8, 4) is 5.88 Å². The Bertz CT molecular complexity index is 547. The van der Waals surface area contributed by atoms with Gasteiger partial charge in [0, 0.05) is 37.9 Å². The number of unbranched alkanes of at least 4 members (excludes halogenated alkanes) is 1. The van der Waals surface area contributed by atoms with Crippen LogP contribution in [-0.2, 0) is 11.3 Å². The zero-order chi connectivity index (χ0) is 19.2. The molecule has 0 bridgehead atoms. The first kappa shape index (κ1) is 21.4. The van der Waals surface area contributed by atoms with Crippen LogP contribution in [-0.4, -0.2) is 68.4 Å². The van der Waals surface area contributed by atoms with Crippen LogP contribution >= 0.6 is 0 Å². The van der Waals surface area contributed by atoms with Gasteiger partial charge in [0.2, 0.25) is 5.88 Å². The third-order valence-corrected chi connectivity index (χ3v) is 4.39. The van der Waals surface area contributed by atoms with Crippen LogP contribution < -0.4 is 15.4 Å². The number of hydrogen-bond donors (Lipinski definition) is 2. The molecule has 0 amide bonds. The van der Waals surface area contributed by atoms with Crippen molar-refractivity contribution < 1.29 is 9.47 Å². The molecule has 2 heterocycles. The predicted octanol–water partition coefficient (Wildman–Crippen LogP) is 2.04. The molecule has 0 aromatic carbocycles. The summed E-state index contributed by atoms with van der Waals surface area (Å²) in [5.41, 5.74) is 1.01. The van der Waals surface area contributed by atoms with Crippen LogP contribution in [0.3, 0.4) is 0 Å². The lowest BCUT2D eigenvalue weighted by atomic mass is 10.2. The second-order valence-electron chi connectivity index (χ2n) is 6.60. The molecule has 7 nitrogen and oxygen atoms in total. The van der Waals surface area contributed by atoms with Gasteiger partial charge in [0.1, 0.15) is 0 Å². The van der Waals surface area contributed by atoms with Gasteiger partial charge in [-0.3, -0.25) is 4.90 Å². The van der Waals surface area contributed by atoms with Crippen molar-refractivity contribution in [2.75, 3.05) is 52.5 Å². The molecule has 0 unspecified atom stereocenters. The van der Waals surface area contributed by atoms with Crippen LogP contribution in [0.4, 0.5) is 0 Å². The number of morpholine rings is 1. The van der Waals surface area contributed by atoms with E-state index in [0.29, 0.717) is 19.0 Å². The molecule has 27 heavy (non-hydrogen) atoms. The summed E-state index contributed by atoms with van der Waals surface area (Å²) in [4.78, 5) is 11.5. The number of rotatable bonds is 11. The van der Waals surface area contributed by atoms with Gasteiger partial charge in [0.05, 0.1) is 26.4 Å². The lowest BCUT2D eigenvalue weighted by Gasteiger charge is -2.26. The van der Waals surface area contributed by atoms with E-state index in [1.165, 1.54) is 0 Å². The number of guanidine groups is 1. The number of nitrogens with zero attached hydrogens (tertiary/aromatic N) is 3. The van der Waals surface area contributed by atoms with Gasteiger partial charge in [-0.1, -0.05) is 19.4 Å². The maximum absolute atomic E-state index is 5.80. The van der Waals surface area contributed by atoms with Gasteiger partial charge in [-0.15, -0.1) is 0 Å². The molecule has 1 aromatic rings. The Morgan fingerprint density at radius 3 is 2.89 bits per heavy atom. The lowest BCUT2D eigenvalue weighted by Crippen LogP contribution is -2.40. The van der Waals surface area contributed by atoms with E-state index in [0.717, 1.165) is 76.7 Å². The number of ether oxygens (including phenoxy) is 2. The molecular formula is C20H35N5O2. The van der Waals surface area contributed by atoms with Gasteiger partial charge in [0.15, 0.2) is 5.96 Å². The van der Waals surface area contributed by atoms with Crippen molar-refractivity contribution in [1.29, 1.82) is 0 Å². The number of nitrogens with one attached hydrogen (secondary N) is 2. The van der Waals surface area contributed by atoms with Gasteiger partial charge in [0.25, 0.3) is 0 Å². The Labute approximate surface area is 163 Å². The first-order valence-corrected chi connectivity index (χ1v) is 10.2. The number of hydrogen-bond acceptors (Lipinski definition) is 5. The Morgan fingerprint density at radius 1 is 1.26 bits per heavy atom. The molecule has 0 saturated carbocycles. The highest BCUT2D eigenvalue weighted by Crippen LogP contribution is 2.15. The molecule has 1 fully saturated rings. The van der Waals surface area contributed by atoms with Crippen molar-refractivity contribution in [1.82, 2.24) is 20.5 Å². The molecule has 1 aliphatic heterocycles. The second kappa shape index (κ2) is 13.3. The van der Waals surface area contributed by atoms with Crippen molar-refractivity contribution in [3.05, 3.63) is 23.9 Å². The number of aliphatic imine (C=N–C) groups is 1. The highest BCUT2D eigenvalue weighted by Gasteiger charge is 2.09. The van der Waals surface area contributed by atoms with Crippen LogP contribution in [0.1, 0.15) is 38.7 Å². The molecule has 0 radical (unpaired) electrons. The van der Waals surface area contributed by atoms with E-state index >= 15 is 0 Å². The molecule has 7 heteroatoms. The Morgan fingerprint density at radius 2 is 2.11 bits per heavy atom. The maximum atomic E-state index is 5.80. The van der Waals surface area contributed by atoms with Crippen molar-refractivity contribution in [3.63, 3.8) is 0 Å². The summed E-state index contributed by atoms with van der Waals surface area (Å²) < 4.78 is 11.2. The summed E-state index contributed by atoms with van der Waals surface area (Å²) in [5, 5.41) is 6.73. The Balaban J connectivity index is 1.80. The first-order valence-electron chi connectivity index (χ1n) is 10.2. The summed E-state index contributed by atoms with van der Waals surface area (Å²) in [6.07, 6.45) is 5.00. The van der Waals surface area contributed by atoms with E-state index in [2.05, 4.69) is 34.4 Å². The average molecular weight is 378 g/mol. The zero-order valence-corrected chi connectivity index (χ0v) is 16.9. The Hall–Kier alpha value is -1.86. The van der Waals surface area contributed by atoms with Crippen molar-refractivity contribution in [2.24, 2.45) is 4.99 Å². The lowest BCUT2D eigenvalue weighted by molar-refractivity contribution is 0.0376. The smallest absolute Gasteiger partial charge is 0.218 e. The fourth-order valence-electron chi connectivity index (χ4n) is 2.83. The normalized spacial score (nSPS) is 15.6. The summed E-state index contributed by atoms with van der Waals surface area (Å²) in [6.45, 7) is 12.1. The maximum Gasteiger partial charge on any atom is 0.218 e. The van der Waals surface area contributed by atoms with Crippen LogP contribution in [0.15, 0.2) is 23.3 Å². The molecule has 1 aliphatic rings. The highest BCUT2D eigenvalue weighted by atomic mass is 16.5. The molecule has 0 atom stereocenters. The quantitative estimate of drug-likeness (QED) is 0.349. The van der Waals surface area contributed by atoms with Crippen LogP contribution in [0.2, 0.25) is 0 Å². The van der Waals surface area contributed by atoms with E-state index in [9.17, 15) is 0 Å². The third-order valence-electron chi connectivity index (χ3n) is 4.39. The molecule has 152 valence electrons. The standard InChI is InChI=1S/C20H35N5O2/c1-3-5-14-27-19-18(8-6-9-22-19)17-24-20(21-4-2)23-10-7-11-25-12-15-26-16-13-25/h6,8-9H,3-5,7,10-17H2,1-2H3,(H2,21,23,24). The zero-order valence-electron chi connectivity index (χ0n) is 16.9. The molecule has 1 aromatic heterocycles. The van der Waals surface area contributed by atoms with Gasteiger partial charge < -0.3 is 20.1 Å². The SMILES string of the molecule is CCCCOc1ncccc1CN=C(NCC)NCCCN1CCOCC1. The topological polar surface area (TPSA) is 71.0 Å². The summed E-state index contributed by atoms with van der Waals surface area (Å²) >= 11 is 0. The number of pyridine rings is 1. The van der Waals surface area contributed by atoms with E-state index in [1.54, 1.807) is 6.20 Å². The Kier molecular flexibility index (Phi) is 10.6. The fourth-order valence-corrected chi connectivity index (χ4v) is 2.83. The third kappa shape index (κ3) is 8.58. The van der Waals surface area contributed by atoms with Gasteiger partial charge >= 0.3 is 0 Å².